The van der Waals surface area contributed by atoms with Gasteiger partial charge in [0.25, 0.3) is 5.91 Å². The lowest BCUT2D eigenvalue weighted by atomic mass is 10.1. The minimum absolute atomic E-state index is 0.265. The number of halogens is 1. The number of methoxy groups -OCH3 is 1. The number of rotatable bonds is 6. The Balaban J connectivity index is 1.76. The normalized spacial score (nSPS) is 10.3. The molecular formula is C22H20ClNO3. The van der Waals surface area contributed by atoms with Crippen molar-refractivity contribution in [2.24, 2.45) is 0 Å². The second-order valence-corrected chi connectivity index (χ2v) is 6.43. The average molecular weight is 382 g/mol. The summed E-state index contributed by atoms with van der Waals surface area (Å²) in [4.78, 5) is 12.6. The highest BCUT2D eigenvalue weighted by Gasteiger charge is 2.14. The highest BCUT2D eigenvalue weighted by Crippen LogP contribution is 2.30. The Morgan fingerprint density at radius 3 is 2.48 bits per heavy atom. The molecule has 0 aliphatic heterocycles. The van der Waals surface area contributed by atoms with Gasteiger partial charge in [0.2, 0.25) is 0 Å². The number of hydrogen-bond donors (Lipinski definition) is 1. The summed E-state index contributed by atoms with van der Waals surface area (Å²) >= 11 is 6.18. The zero-order chi connectivity index (χ0) is 19.2. The molecule has 0 saturated carbocycles. The summed E-state index contributed by atoms with van der Waals surface area (Å²) in [6, 6.07) is 20.4. The zero-order valence-corrected chi connectivity index (χ0v) is 15.9. The van der Waals surface area contributed by atoms with Crippen molar-refractivity contribution in [2.45, 2.75) is 13.5 Å². The summed E-state index contributed by atoms with van der Waals surface area (Å²) in [5.74, 6) is 0.806. The minimum Gasteiger partial charge on any atom is -0.493 e. The molecule has 0 aromatic heterocycles. The molecule has 138 valence electrons. The van der Waals surface area contributed by atoms with Gasteiger partial charge >= 0.3 is 0 Å². The SMILES string of the molecule is COc1cc(C(=O)Nc2c(C)cccc2Cl)ccc1OCc1ccccc1. The van der Waals surface area contributed by atoms with Crippen LogP contribution in [0.25, 0.3) is 0 Å². The van der Waals surface area contributed by atoms with E-state index in [4.69, 9.17) is 21.1 Å². The van der Waals surface area contributed by atoms with Crippen LogP contribution in [0.3, 0.4) is 0 Å². The number of para-hydroxylation sites is 1. The number of aryl methyl sites for hydroxylation is 1. The molecule has 1 N–H and O–H groups in total. The molecule has 0 atom stereocenters. The molecule has 0 saturated heterocycles. The van der Waals surface area contributed by atoms with Crippen LogP contribution < -0.4 is 14.8 Å². The summed E-state index contributed by atoms with van der Waals surface area (Å²) in [6.07, 6.45) is 0. The van der Waals surface area contributed by atoms with Gasteiger partial charge in [-0.05, 0) is 42.3 Å². The summed E-state index contributed by atoms with van der Waals surface area (Å²) in [6.45, 7) is 2.31. The maximum absolute atomic E-state index is 12.6. The third kappa shape index (κ3) is 4.60. The highest BCUT2D eigenvalue weighted by atomic mass is 35.5. The zero-order valence-electron chi connectivity index (χ0n) is 15.2. The Bertz CT molecular complexity index is 921. The van der Waals surface area contributed by atoms with E-state index in [2.05, 4.69) is 5.32 Å². The van der Waals surface area contributed by atoms with Gasteiger partial charge in [-0.3, -0.25) is 4.79 Å². The van der Waals surface area contributed by atoms with E-state index in [-0.39, 0.29) is 5.91 Å². The highest BCUT2D eigenvalue weighted by molar-refractivity contribution is 6.34. The molecule has 0 bridgehead atoms. The van der Waals surface area contributed by atoms with Crippen LogP contribution in [0, 0.1) is 6.92 Å². The van der Waals surface area contributed by atoms with Crippen molar-refractivity contribution in [3.63, 3.8) is 0 Å². The number of ether oxygens (including phenoxy) is 2. The topological polar surface area (TPSA) is 47.6 Å². The molecule has 3 rings (SSSR count). The van der Waals surface area contributed by atoms with E-state index in [1.165, 1.54) is 0 Å². The van der Waals surface area contributed by atoms with Crippen LogP contribution >= 0.6 is 11.6 Å². The molecule has 0 fully saturated rings. The summed E-state index contributed by atoms with van der Waals surface area (Å²) < 4.78 is 11.2. The molecule has 0 aliphatic carbocycles. The Labute approximate surface area is 163 Å². The first-order chi connectivity index (χ1) is 13.1. The molecule has 0 radical (unpaired) electrons. The van der Waals surface area contributed by atoms with Crippen LogP contribution in [0.5, 0.6) is 11.5 Å². The summed E-state index contributed by atoms with van der Waals surface area (Å²) in [5, 5.41) is 3.35. The molecule has 4 nitrogen and oxygen atoms in total. The lowest BCUT2D eigenvalue weighted by molar-refractivity contribution is 0.102. The van der Waals surface area contributed by atoms with Gasteiger partial charge in [-0.2, -0.15) is 0 Å². The van der Waals surface area contributed by atoms with Crippen LogP contribution in [0.15, 0.2) is 66.7 Å². The van der Waals surface area contributed by atoms with Crippen molar-refractivity contribution in [1.29, 1.82) is 0 Å². The molecule has 0 heterocycles. The fraction of sp³-hybridized carbons (Fsp3) is 0.136. The van der Waals surface area contributed by atoms with Gasteiger partial charge < -0.3 is 14.8 Å². The van der Waals surface area contributed by atoms with E-state index in [0.717, 1.165) is 11.1 Å². The van der Waals surface area contributed by atoms with Gasteiger partial charge in [-0.1, -0.05) is 54.1 Å². The lowest BCUT2D eigenvalue weighted by Gasteiger charge is -2.13. The average Bonchev–Trinajstić information content (AvgIpc) is 2.69. The molecule has 0 unspecified atom stereocenters. The van der Waals surface area contributed by atoms with Crippen molar-refractivity contribution < 1.29 is 14.3 Å². The quantitative estimate of drug-likeness (QED) is 0.614. The van der Waals surface area contributed by atoms with Crippen molar-refractivity contribution >= 4 is 23.2 Å². The first-order valence-corrected chi connectivity index (χ1v) is 8.87. The number of carbonyl (C=O) groups excluding carboxylic acids is 1. The van der Waals surface area contributed by atoms with Crippen molar-refractivity contribution in [1.82, 2.24) is 0 Å². The molecule has 5 heteroatoms. The molecule has 3 aromatic rings. The Morgan fingerprint density at radius 1 is 1.00 bits per heavy atom. The molecule has 27 heavy (non-hydrogen) atoms. The summed E-state index contributed by atoms with van der Waals surface area (Å²) in [5.41, 5.74) is 3.01. The number of benzene rings is 3. The second kappa shape index (κ2) is 8.60. The van der Waals surface area contributed by atoms with E-state index in [0.29, 0.717) is 34.4 Å². The van der Waals surface area contributed by atoms with Crippen LogP contribution in [0.2, 0.25) is 5.02 Å². The molecule has 0 spiro atoms. The Kier molecular flexibility index (Phi) is 5.99. The lowest BCUT2D eigenvalue weighted by Crippen LogP contribution is -2.13. The van der Waals surface area contributed by atoms with Crippen molar-refractivity contribution in [3.8, 4) is 11.5 Å². The van der Waals surface area contributed by atoms with Gasteiger partial charge in [-0.15, -0.1) is 0 Å². The fourth-order valence-electron chi connectivity index (χ4n) is 2.64. The number of hydrogen-bond acceptors (Lipinski definition) is 3. The van der Waals surface area contributed by atoms with Crippen molar-refractivity contribution in [2.75, 3.05) is 12.4 Å². The van der Waals surface area contributed by atoms with Gasteiger partial charge in [0.15, 0.2) is 11.5 Å². The second-order valence-electron chi connectivity index (χ2n) is 6.03. The third-order valence-electron chi connectivity index (χ3n) is 4.12. The standard InChI is InChI=1S/C22H20ClNO3/c1-15-7-6-10-18(23)21(15)24-22(25)17-11-12-19(20(13-17)26-2)27-14-16-8-4-3-5-9-16/h3-13H,14H2,1-2H3,(H,24,25). The van der Waals surface area contributed by atoms with E-state index in [1.807, 2.05) is 49.4 Å². The first kappa shape index (κ1) is 18.8. The fourth-order valence-corrected chi connectivity index (χ4v) is 2.91. The van der Waals surface area contributed by atoms with Crippen LogP contribution in [-0.4, -0.2) is 13.0 Å². The Morgan fingerprint density at radius 2 is 1.78 bits per heavy atom. The third-order valence-corrected chi connectivity index (χ3v) is 4.44. The number of carbonyl (C=O) groups is 1. The maximum Gasteiger partial charge on any atom is 0.255 e. The molecular weight excluding hydrogens is 362 g/mol. The van der Waals surface area contributed by atoms with Crippen LogP contribution in [0.4, 0.5) is 5.69 Å². The molecule has 3 aromatic carbocycles. The van der Waals surface area contributed by atoms with E-state index < -0.39 is 0 Å². The largest absolute Gasteiger partial charge is 0.493 e. The first-order valence-electron chi connectivity index (χ1n) is 8.49. The van der Waals surface area contributed by atoms with Gasteiger partial charge in [0.05, 0.1) is 17.8 Å². The van der Waals surface area contributed by atoms with Crippen LogP contribution in [-0.2, 0) is 6.61 Å². The predicted octanol–water partition coefficient (Wildman–Crippen LogP) is 5.49. The monoisotopic (exact) mass is 381 g/mol. The predicted molar refractivity (Wildman–Crippen MR) is 108 cm³/mol. The molecule has 0 aliphatic rings. The summed E-state index contributed by atoms with van der Waals surface area (Å²) in [7, 11) is 1.55. The van der Waals surface area contributed by atoms with Crippen LogP contribution in [0.1, 0.15) is 21.5 Å². The van der Waals surface area contributed by atoms with Gasteiger partial charge in [0, 0.05) is 5.56 Å². The van der Waals surface area contributed by atoms with E-state index in [1.54, 1.807) is 31.4 Å². The van der Waals surface area contributed by atoms with Gasteiger partial charge in [0.1, 0.15) is 6.61 Å². The maximum atomic E-state index is 12.6. The van der Waals surface area contributed by atoms with E-state index in [9.17, 15) is 4.79 Å². The van der Waals surface area contributed by atoms with Gasteiger partial charge in [-0.25, -0.2) is 0 Å². The van der Waals surface area contributed by atoms with Crippen molar-refractivity contribution in [3.05, 3.63) is 88.4 Å². The number of nitrogens with one attached hydrogen (secondary N) is 1. The number of amides is 1. The van der Waals surface area contributed by atoms with E-state index >= 15 is 0 Å². The number of anilines is 1. The smallest absolute Gasteiger partial charge is 0.255 e. The molecule has 1 amide bonds. The minimum atomic E-state index is -0.265. The Hall–Kier alpha value is -2.98.